The van der Waals surface area contributed by atoms with Crippen LogP contribution in [0, 0.1) is 35.0 Å². The van der Waals surface area contributed by atoms with E-state index in [9.17, 15) is 42.9 Å². The first-order valence-electron chi connectivity index (χ1n) is 13.3. The second-order valence-electron chi connectivity index (χ2n) is 12.7. The van der Waals surface area contributed by atoms with Gasteiger partial charge in [-0.1, -0.05) is 13.8 Å². The molecule has 0 spiro atoms. The van der Waals surface area contributed by atoms with Gasteiger partial charge in [0, 0.05) is 17.8 Å². The Morgan fingerprint density at radius 1 is 0.857 bits per heavy atom. The van der Waals surface area contributed by atoms with Crippen molar-refractivity contribution >= 4 is 47.6 Å². The fraction of sp³-hybridized carbons (Fsp3) is 0.840. The molecule has 12 nitrogen and oxygen atoms in total. The number of hydrogen-bond donors (Lipinski definition) is 0. The third-order valence-corrected chi connectivity index (χ3v) is 10.6. The van der Waals surface area contributed by atoms with E-state index in [2.05, 4.69) is 18.7 Å². The van der Waals surface area contributed by atoms with Crippen molar-refractivity contribution in [3.8, 4) is 0 Å². The second-order valence-corrected chi connectivity index (χ2v) is 14.6. The Balaban J connectivity index is 0.000000193. The van der Waals surface area contributed by atoms with Crippen molar-refractivity contribution in [3.05, 3.63) is 0 Å². The summed E-state index contributed by atoms with van der Waals surface area (Å²) in [5, 5.41) is 18.5. The van der Waals surface area contributed by atoms with Crippen LogP contribution >= 0.6 is 24.1 Å². The topological polar surface area (TPSA) is 170 Å². The van der Waals surface area contributed by atoms with Gasteiger partial charge in [0.1, 0.15) is 23.4 Å². The number of halogens is 3. The molecule has 6 atom stereocenters. The molecule has 0 aromatic rings. The Hall–Kier alpha value is -1.47. The van der Waals surface area contributed by atoms with Gasteiger partial charge in [-0.05, 0) is 76.0 Å². The molecule has 0 aliphatic heterocycles. The van der Waals surface area contributed by atoms with Crippen molar-refractivity contribution in [2.45, 2.75) is 94.1 Å². The number of fused-ring (bicyclic) bond motifs is 2. The van der Waals surface area contributed by atoms with Crippen LogP contribution in [0.25, 0.3) is 0 Å². The summed E-state index contributed by atoms with van der Waals surface area (Å²) in [6.45, 7) is 6.17. The number of rotatable bonds is 10. The van der Waals surface area contributed by atoms with Gasteiger partial charge in [-0.2, -0.15) is 17.4 Å². The van der Waals surface area contributed by atoms with Gasteiger partial charge < -0.3 is 20.0 Å². The highest BCUT2D eigenvalue weighted by Gasteiger charge is 2.64. The molecule has 0 radical (unpaired) electrons. The third-order valence-electron chi connectivity index (χ3n) is 9.50. The zero-order valence-corrected chi connectivity index (χ0v) is 24.8. The molecule has 6 unspecified atom stereocenters. The van der Waals surface area contributed by atoms with Crippen LogP contribution in [-0.4, -0.2) is 45.0 Å². The highest BCUT2D eigenvalue weighted by Crippen LogP contribution is 2.61. The number of ether oxygens (including phenoxy) is 2. The molecule has 7 fully saturated rings. The van der Waals surface area contributed by atoms with Crippen molar-refractivity contribution in [2.24, 2.45) is 35.0 Å². The number of carbonyl (C=O) groups excluding carboxylic acids is 4. The molecule has 0 N–H and O–H groups in total. The molecule has 238 valence electrons. The Labute approximate surface area is 247 Å². The van der Waals surface area contributed by atoms with Crippen LogP contribution in [0.15, 0.2) is 0 Å². The minimum absolute atomic E-state index is 0.0269. The molecule has 7 aliphatic rings. The van der Waals surface area contributed by atoms with Crippen molar-refractivity contribution in [2.75, 3.05) is 0 Å². The lowest BCUT2D eigenvalue weighted by Gasteiger charge is -2.59. The predicted molar refractivity (Wildman–Crippen MR) is 131 cm³/mol. The van der Waals surface area contributed by atoms with Crippen LogP contribution in [0.4, 0.5) is 13.2 Å². The number of esters is 2. The fourth-order valence-corrected chi connectivity index (χ4v) is 7.88. The summed E-state index contributed by atoms with van der Waals surface area (Å²) >= 11 is -0.794. The first-order chi connectivity index (χ1) is 19.4. The van der Waals surface area contributed by atoms with Crippen LogP contribution < -0.4 is 10.5 Å². The molecule has 0 aromatic carbocycles. The smallest absolute Gasteiger partial charge is 0.415 e. The van der Waals surface area contributed by atoms with E-state index >= 15 is 0 Å². The van der Waals surface area contributed by atoms with Crippen LogP contribution in [0.3, 0.4) is 0 Å². The summed E-state index contributed by atoms with van der Waals surface area (Å²) in [6.07, 6.45) is 4.23. The molecule has 17 heteroatoms. The lowest BCUT2D eigenvalue weighted by Crippen LogP contribution is -2.64. The first kappa shape index (κ1) is 33.4. The minimum Gasteiger partial charge on any atom is -0.691 e. The first-order valence-corrected chi connectivity index (χ1v) is 14.8. The lowest BCUT2D eigenvalue weighted by molar-refractivity contribution is -0.777. The van der Waals surface area contributed by atoms with E-state index in [1.165, 1.54) is 6.92 Å². The molecule has 0 amide bonds. The van der Waals surface area contributed by atoms with E-state index < -0.39 is 45.4 Å². The van der Waals surface area contributed by atoms with E-state index in [-0.39, 0.29) is 59.1 Å². The quantitative estimate of drug-likeness (QED) is 0.147. The average molecular weight is 645 g/mol. The molecule has 6 bridgehead atoms. The van der Waals surface area contributed by atoms with E-state index in [1.54, 1.807) is 0 Å². The molecule has 42 heavy (non-hydrogen) atoms. The Morgan fingerprint density at radius 3 is 1.95 bits per heavy atom. The highest BCUT2D eigenvalue weighted by molar-refractivity contribution is 7.96. The summed E-state index contributed by atoms with van der Waals surface area (Å²) in [6, 6.07) is 0. The Morgan fingerprint density at radius 2 is 1.43 bits per heavy atom. The van der Waals surface area contributed by atoms with E-state index in [1.807, 2.05) is 13.8 Å². The van der Waals surface area contributed by atoms with Gasteiger partial charge >= 0.3 is 17.2 Å². The van der Waals surface area contributed by atoms with Gasteiger partial charge in [-0.25, -0.2) is 14.0 Å². The van der Waals surface area contributed by atoms with Gasteiger partial charge in [0.15, 0.2) is 11.4 Å². The number of alkyl halides is 3. The van der Waals surface area contributed by atoms with E-state index in [0.717, 1.165) is 19.8 Å². The van der Waals surface area contributed by atoms with Crippen LogP contribution in [-0.2, 0) is 47.4 Å². The largest absolute Gasteiger partial charge is 0.691 e. The van der Waals surface area contributed by atoms with Crippen LogP contribution in [0.2, 0.25) is 0 Å². The SMILES string of the molecule is CC(F)(SOO[O-])C(=O)OC12CC3CC(C1)C(=O)C(C3)C2.CC1(OC(=O)C(F)(F)SOO[O-])CC2CC(C1=O)C2(C)C. The molecular weight excluding hydrogens is 613 g/mol. The average Bonchev–Trinajstić information content (AvgIpc) is 2.90. The maximum Gasteiger partial charge on any atom is 0.415 e. The summed E-state index contributed by atoms with van der Waals surface area (Å²) in [5.41, 5.74) is -2.50. The van der Waals surface area contributed by atoms with Crippen molar-refractivity contribution < 1.29 is 71.1 Å². The van der Waals surface area contributed by atoms with Crippen molar-refractivity contribution in [3.63, 3.8) is 0 Å². The summed E-state index contributed by atoms with van der Waals surface area (Å²) < 4.78 is 58.3. The van der Waals surface area contributed by atoms with E-state index in [4.69, 9.17) is 9.47 Å². The Bertz CT molecular complexity index is 1090. The number of hydrogen-bond acceptors (Lipinski definition) is 14. The molecule has 7 rings (SSSR count). The maximum absolute atomic E-state index is 14.1. The van der Waals surface area contributed by atoms with Gasteiger partial charge in [-0.3, -0.25) is 19.7 Å². The number of Topliss-reactive ketones (excluding diaryl/α,β-unsaturated/α-hetero) is 2. The van der Waals surface area contributed by atoms with Gasteiger partial charge in [0.05, 0.1) is 12.0 Å². The summed E-state index contributed by atoms with van der Waals surface area (Å²) in [7, 11) is 0. The minimum atomic E-state index is -4.13. The fourth-order valence-electron chi connectivity index (χ4n) is 7.39. The summed E-state index contributed by atoms with van der Waals surface area (Å²) in [4.78, 5) is 47.9. The molecule has 0 saturated heterocycles. The van der Waals surface area contributed by atoms with E-state index in [0.29, 0.717) is 31.6 Å². The normalized spacial score (nSPS) is 37.2. The Kier molecular flexibility index (Phi) is 9.39. The maximum atomic E-state index is 14.1. The molecule has 7 saturated carbocycles. The lowest BCUT2D eigenvalue weighted by atomic mass is 9.45. The zero-order chi connectivity index (χ0) is 31.3. The van der Waals surface area contributed by atoms with Gasteiger partial charge in [0.2, 0.25) is 0 Å². The zero-order valence-electron chi connectivity index (χ0n) is 23.2. The van der Waals surface area contributed by atoms with Crippen molar-refractivity contribution in [1.82, 2.24) is 0 Å². The molecule has 0 heterocycles. The van der Waals surface area contributed by atoms with Gasteiger partial charge in [0.25, 0.3) is 5.00 Å². The molecule has 0 aromatic heterocycles. The summed E-state index contributed by atoms with van der Waals surface area (Å²) in [5.74, 6) is -3.03. The van der Waals surface area contributed by atoms with Crippen LogP contribution in [0.1, 0.15) is 72.6 Å². The van der Waals surface area contributed by atoms with Crippen molar-refractivity contribution in [1.29, 1.82) is 0 Å². The van der Waals surface area contributed by atoms with Gasteiger partial charge in [-0.15, -0.1) is 0 Å². The monoisotopic (exact) mass is 644 g/mol. The standard InChI is InChI=1S/C13H17FO6S.C12H16F2O6S/c1-12(14,21-20-19-17)11(16)18-13-4-7-2-8(5-13)10(15)9(3-7)6-13;1-10(2)6-4-7(10)8(15)11(3,5-6)18-9(16)12(13,14)21-20-19-17/h7-9,17H,2-6H2,1H3;6-7,17H,4-5H2,1-3H3/p-2. The molecule has 7 aliphatic carbocycles. The predicted octanol–water partition coefficient (Wildman–Crippen LogP) is 2.62. The number of carbonyl (C=O) groups is 4. The highest BCUT2D eigenvalue weighted by atomic mass is 32.2. The van der Waals surface area contributed by atoms with Crippen LogP contribution in [0.5, 0.6) is 0 Å². The number of ketones is 2. The molecular formula is C25H31F3O12S2-2. The third kappa shape index (κ3) is 6.34. The second kappa shape index (κ2) is 11.8.